The number of allylic oxidation sites excluding steroid dienone is 1. The van der Waals surface area contributed by atoms with Gasteiger partial charge in [-0.05, 0) is 0 Å². The second kappa shape index (κ2) is 11.9. The zero-order valence-electron chi connectivity index (χ0n) is 20.9. The molecule has 182 valence electrons. The predicted octanol–water partition coefficient (Wildman–Crippen LogP) is -3.51. The molecule has 0 aliphatic heterocycles. The number of aryl methyl sites for hydroxylation is 3. The Hall–Kier alpha value is -1.58. The molecule has 0 radical (unpaired) electrons. The van der Waals surface area contributed by atoms with E-state index in [1.165, 1.54) is 49.0 Å². The van der Waals surface area contributed by atoms with E-state index in [0.29, 0.717) is 0 Å². The maximum Gasteiger partial charge on any atom is -1.00 e. The van der Waals surface area contributed by atoms with Gasteiger partial charge < -0.3 is 37.2 Å². The molecule has 0 heterocycles. The summed E-state index contributed by atoms with van der Waals surface area (Å²) in [6.07, 6.45) is 2.43. The molecular formula is C31H29Cl3SiTi. The Morgan fingerprint density at radius 2 is 0.972 bits per heavy atom. The summed E-state index contributed by atoms with van der Waals surface area (Å²) in [6, 6.07) is 37.0. The molecule has 0 saturated carbocycles. The largest absolute Gasteiger partial charge is 1.00 e. The van der Waals surface area contributed by atoms with Crippen LogP contribution in [0.2, 0.25) is 0 Å². The Morgan fingerprint density at radius 1 is 0.556 bits per heavy atom. The summed E-state index contributed by atoms with van der Waals surface area (Å²) in [4.78, 5) is 0. The van der Waals surface area contributed by atoms with Gasteiger partial charge in [0.05, 0.1) is 0 Å². The van der Waals surface area contributed by atoms with Crippen LogP contribution >= 0.6 is 0 Å². The fraction of sp³-hybridized carbons (Fsp3) is 0.161. The number of hydrogen-bond donors (Lipinski definition) is 0. The van der Waals surface area contributed by atoms with Crippen LogP contribution in [0.1, 0.15) is 34.7 Å². The summed E-state index contributed by atoms with van der Waals surface area (Å²) in [5.74, 6) is 0. The summed E-state index contributed by atoms with van der Waals surface area (Å²) >= 11 is 2.52. The van der Waals surface area contributed by atoms with Crippen molar-refractivity contribution in [1.82, 2.24) is 0 Å². The van der Waals surface area contributed by atoms with Crippen molar-refractivity contribution in [3.8, 4) is 0 Å². The average molecular weight is 584 g/mol. The van der Waals surface area contributed by atoms with Crippen LogP contribution in [0.15, 0.2) is 103 Å². The quantitative estimate of drug-likeness (QED) is 0.173. The maximum absolute atomic E-state index is 2.59. The third kappa shape index (κ3) is 4.71. The van der Waals surface area contributed by atoms with Gasteiger partial charge in [-0.25, -0.2) is 0 Å². The molecule has 0 bridgehead atoms. The van der Waals surface area contributed by atoms with Crippen LogP contribution in [-0.2, 0) is 23.8 Å². The topological polar surface area (TPSA) is 0 Å². The van der Waals surface area contributed by atoms with Gasteiger partial charge in [0.15, 0.2) is 0 Å². The molecule has 5 heteroatoms. The van der Waals surface area contributed by atoms with Crippen molar-refractivity contribution in [3.63, 3.8) is 0 Å². The van der Waals surface area contributed by atoms with Gasteiger partial charge in [0, 0.05) is 0 Å². The average Bonchev–Trinajstić information content (AvgIpc) is 3.06. The Bertz CT molecular complexity index is 1290. The first-order chi connectivity index (χ1) is 15.9. The first kappa shape index (κ1) is 30.6. The molecular weight excluding hydrogens is 555 g/mol. The molecule has 1 unspecified atom stereocenters. The molecule has 0 N–H and O–H groups in total. The van der Waals surface area contributed by atoms with Crippen molar-refractivity contribution < 1.29 is 57.7 Å². The van der Waals surface area contributed by atoms with Crippen LogP contribution in [0, 0.1) is 20.8 Å². The van der Waals surface area contributed by atoms with Crippen molar-refractivity contribution in [1.29, 1.82) is 0 Å². The number of fused-ring (bicyclic) bond motifs is 1. The molecule has 0 spiro atoms. The number of hydrogen-bond acceptors (Lipinski definition) is 0. The van der Waals surface area contributed by atoms with Crippen LogP contribution in [0.5, 0.6) is 0 Å². The van der Waals surface area contributed by atoms with E-state index >= 15 is 0 Å². The van der Waals surface area contributed by atoms with Crippen molar-refractivity contribution >= 4 is 29.7 Å². The normalized spacial score (nSPS) is 16.1. The van der Waals surface area contributed by atoms with E-state index in [9.17, 15) is 0 Å². The van der Waals surface area contributed by atoms with E-state index in [1.807, 2.05) is 0 Å². The maximum atomic E-state index is 2.52. The van der Waals surface area contributed by atoms with Crippen LogP contribution < -0.4 is 52.8 Å². The number of rotatable bonds is 4. The van der Waals surface area contributed by atoms with Crippen molar-refractivity contribution in [2.45, 2.75) is 31.0 Å². The second-order valence-electron chi connectivity index (χ2n) is 9.52. The van der Waals surface area contributed by atoms with Gasteiger partial charge in [-0.1, -0.05) is 0 Å². The summed E-state index contributed by atoms with van der Waals surface area (Å²) in [7, 11) is -2.59. The van der Waals surface area contributed by atoms with Crippen molar-refractivity contribution in [2.75, 3.05) is 0 Å². The molecule has 1 atom stereocenters. The molecule has 0 amide bonds. The predicted molar refractivity (Wildman–Crippen MR) is 140 cm³/mol. The van der Waals surface area contributed by atoms with E-state index in [2.05, 4.69) is 151 Å². The van der Waals surface area contributed by atoms with Gasteiger partial charge in [0.1, 0.15) is 0 Å². The van der Waals surface area contributed by atoms with E-state index in [4.69, 9.17) is 0 Å². The van der Waals surface area contributed by atoms with Crippen molar-refractivity contribution in [3.05, 3.63) is 130 Å². The monoisotopic (exact) mass is 582 g/mol. The smallest absolute Gasteiger partial charge is 1.00 e. The minimum atomic E-state index is -2.59. The molecule has 5 rings (SSSR count). The van der Waals surface area contributed by atoms with Crippen LogP contribution in [0.25, 0.3) is 6.08 Å². The molecule has 0 saturated heterocycles. The fourth-order valence-corrected chi connectivity index (χ4v) is 14.3. The molecule has 36 heavy (non-hydrogen) atoms. The minimum absolute atomic E-state index is 0. The van der Waals surface area contributed by atoms with Gasteiger partial charge in [-0.2, -0.15) is 0 Å². The zero-order valence-corrected chi connectivity index (χ0v) is 25.8. The fourth-order valence-electron chi connectivity index (χ4n) is 5.80. The van der Waals surface area contributed by atoms with Crippen LogP contribution in [0.4, 0.5) is 0 Å². The second-order valence-corrected chi connectivity index (χ2v) is 15.5. The van der Waals surface area contributed by atoms with E-state index in [-0.39, 0.29) is 40.6 Å². The van der Waals surface area contributed by atoms with Crippen LogP contribution in [-0.4, -0.2) is 8.07 Å². The Morgan fingerprint density at radius 3 is 1.39 bits per heavy atom. The molecule has 1 aliphatic rings. The molecule has 0 fully saturated rings. The number of halogens is 3. The van der Waals surface area contributed by atoms with E-state index < -0.39 is 8.07 Å². The summed E-state index contributed by atoms with van der Waals surface area (Å²) < 4.78 is -0.112. The van der Waals surface area contributed by atoms with Gasteiger partial charge in [-0.15, -0.1) is 0 Å². The van der Waals surface area contributed by atoms with Gasteiger partial charge in [0.25, 0.3) is 0 Å². The van der Waals surface area contributed by atoms with Gasteiger partial charge in [0.2, 0.25) is 0 Å². The zero-order chi connectivity index (χ0) is 23.2. The van der Waals surface area contributed by atoms with Gasteiger partial charge in [-0.3, -0.25) is 0 Å². The van der Waals surface area contributed by atoms with E-state index in [0.717, 1.165) is 0 Å². The third-order valence-corrected chi connectivity index (χ3v) is 15.4. The van der Waals surface area contributed by atoms with E-state index in [1.54, 1.807) is 0 Å². The molecule has 1 aliphatic carbocycles. The standard InChI is InChI=1S/C31H29Si.3ClH.Ti/c1-22-10-7-14-27(18-22)32(28-15-8-11-23(2)19-28,29-16-9-12-24(3)20-29)31-25(4)21-26-13-5-6-17-30(26)31;;;;/h5-21H,1-4H3;3*1H;/q;;;;+3/p-3. The SMILES string of the molecule is CC1=Cc2ccccc2[C]1([Ti+3])[Si](c1cccc(C)c1)(c1cccc(C)c1)c1cccc(C)c1.[Cl-].[Cl-].[Cl-]. The summed E-state index contributed by atoms with van der Waals surface area (Å²) in [5, 5.41) is 4.43. The van der Waals surface area contributed by atoms with Crippen LogP contribution in [0.3, 0.4) is 0 Å². The molecule has 4 aromatic carbocycles. The summed E-state index contributed by atoms with van der Waals surface area (Å²) in [5.41, 5.74) is 8.24. The summed E-state index contributed by atoms with van der Waals surface area (Å²) in [6.45, 7) is 9.03. The Kier molecular flexibility index (Phi) is 10.1. The Labute approximate surface area is 247 Å². The van der Waals surface area contributed by atoms with Crippen molar-refractivity contribution in [2.24, 2.45) is 0 Å². The molecule has 0 nitrogen and oxygen atoms in total. The molecule has 4 aromatic rings. The Balaban J connectivity index is 0.00000152. The first-order valence-electron chi connectivity index (χ1n) is 11.6. The van der Waals surface area contributed by atoms with Gasteiger partial charge >= 0.3 is 212 Å². The third-order valence-electron chi connectivity index (χ3n) is 7.24. The molecule has 0 aromatic heterocycles. The number of benzene rings is 4. The minimum Gasteiger partial charge on any atom is -1.00 e. The first-order valence-corrected chi connectivity index (χ1v) is 14.4.